The minimum absolute atomic E-state index is 0.173. The van der Waals surface area contributed by atoms with E-state index in [1.54, 1.807) is 29.4 Å². The molecule has 0 radical (unpaired) electrons. The summed E-state index contributed by atoms with van der Waals surface area (Å²) in [6.07, 6.45) is 2.12. The molecule has 1 saturated heterocycles. The number of nitrogens with zero attached hydrogens (tertiary/aromatic N) is 2. The Morgan fingerprint density at radius 1 is 1.25 bits per heavy atom. The van der Waals surface area contributed by atoms with Gasteiger partial charge in [-0.1, -0.05) is 13.0 Å². The fraction of sp³-hybridized carbons (Fsp3) is 0.538. The van der Waals surface area contributed by atoms with Crippen LogP contribution >= 0.6 is 0 Å². The molecule has 1 aliphatic rings. The summed E-state index contributed by atoms with van der Waals surface area (Å²) in [5.74, 6) is 0.618. The maximum Gasteiger partial charge on any atom is 0.373 e. The first-order valence-electron chi connectivity index (χ1n) is 6.35. The third kappa shape index (κ3) is 4.23. The van der Waals surface area contributed by atoms with Gasteiger partial charge >= 0.3 is 6.15 Å². The second-order valence-corrected chi connectivity index (χ2v) is 6.67. The molecule has 0 unspecified atom stereocenters. The Balaban J connectivity index is 0.000000612. The zero-order valence-electron chi connectivity index (χ0n) is 11.6. The highest BCUT2D eigenvalue weighted by Crippen LogP contribution is 2.22. The molecule has 1 aromatic rings. The van der Waals surface area contributed by atoms with Gasteiger partial charge in [-0.3, -0.25) is 0 Å². The maximum atomic E-state index is 12.3. The molecule has 0 N–H and O–H groups in total. The topological polar surface area (TPSA) is 84.4 Å². The monoisotopic (exact) mass is 298 g/mol. The molecular formula is C13H18N2O4S. The van der Waals surface area contributed by atoms with E-state index in [4.69, 9.17) is 9.59 Å². The molecule has 0 saturated carbocycles. The molecule has 2 heterocycles. The number of pyridine rings is 1. The van der Waals surface area contributed by atoms with Gasteiger partial charge in [-0.15, -0.1) is 0 Å². The van der Waals surface area contributed by atoms with Crippen molar-refractivity contribution in [3.63, 3.8) is 0 Å². The van der Waals surface area contributed by atoms with Crippen molar-refractivity contribution in [1.29, 1.82) is 0 Å². The molecule has 20 heavy (non-hydrogen) atoms. The Morgan fingerprint density at radius 3 is 2.30 bits per heavy atom. The third-order valence-electron chi connectivity index (χ3n) is 3.21. The highest BCUT2D eigenvalue weighted by molar-refractivity contribution is 7.89. The molecular weight excluding hydrogens is 280 g/mol. The van der Waals surface area contributed by atoms with Gasteiger partial charge in [0.25, 0.3) is 10.0 Å². The first kappa shape index (κ1) is 16.5. The maximum absolute atomic E-state index is 12.3. The molecule has 1 fully saturated rings. The summed E-state index contributed by atoms with van der Waals surface area (Å²) in [5, 5.41) is 0.173. The molecule has 1 aliphatic heterocycles. The number of aromatic nitrogens is 1. The predicted molar refractivity (Wildman–Crippen MR) is 71.1 cm³/mol. The second kappa shape index (κ2) is 7.28. The van der Waals surface area contributed by atoms with Crippen LogP contribution in [0.3, 0.4) is 0 Å². The largest absolute Gasteiger partial charge is 0.373 e. The van der Waals surface area contributed by atoms with Crippen LogP contribution in [0.25, 0.3) is 0 Å². The zero-order valence-corrected chi connectivity index (χ0v) is 12.4. The third-order valence-corrected chi connectivity index (χ3v) is 5.01. The number of rotatable bonds is 2. The Bertz CT molecular complexity index is 572. The SMILES string of the molecule is Cc1cccc(S(=O)(=O)N2CCC(C)CC2)n1.O=C=O. The standard InChI is InChI=1S/C12H18N2O2S.CO2/c1-10-6-8-14(9-7-10)17(15,16)12-5-3-4-11(2)13-12;2-1-3/h3-5,10H,6-9H2,1-2H3;. The van der Waals surface area contributed by atoms with Gasteiger partial charge < -0.3 is 0 Å². The first-order valence-corrected chi connectivity index (χ1v) is 7.79. The summed E-state index contributed by atoms with van der Waals surface area (Å²) >= 11 is 0. The van der Waals surface area contributed by atoms with Crippen LogP contribution < -0.4 is 0 Å². The molecule has 2 rings (SSSR count). The number of sulfonamides is 1. The fourth-order valence-electron chi connectivity index (χ4n) is 2.02. The van der Waals surface area contributed by atoms with Crippen LogP contribution in [-0.2, 0) is 19.6 Å². The van der Waals surface area contributed by atoms with E-state index < -0.39 is 10.0 Å². The fourth-order valence-corrected chi connectivity index (χ4v) is 3.49. The van der Waals surface area contributed by atoms with Crippen molar-refractivity contribution in [2.24, 2.45) is 5.92 Å². The number of hydrogen-bond acceptors (Lipinski definition) is 5. The molecule has 0 amide bonds. The molecule has 6 nitrogen and oxygen atoms in total. The van der Waals surface area contributed by atoms with E-state index in [-0.39, 0.29) is 11.2 Å². The number of carbonyl (C=O) groups excluding carboxylic acids is 2. The highest BCUT2D eigenvalue weighted by atomic mass is 32.2. The van der Waals surface area contributed by atoms with E-state index in [2.05, 4.69) is 11.9 Å². The van der Waals surface area contributed by atoms with Crippen molar-refractivity contribution in [3.8, 4) is 0 Å². The van der Waals surface area contributed by atoms with Gasteiger partial charge in [0.2, 0.25) is 0 Å². The van der Waals surface area contributed by atoms with Crippen LogP contribution in [0.15, 0.2) is 23.2 Å². The molecule has 0 spiro atoms. The van der Waals surface area contributed by atoms with Crippen molar-refractivity contribution in [2.45, 2.75) is 31.7 Å². The Labute approximate surface area is 118 Å². The Hall–Kier alpha value is -1.56. The van der Waals surface area contributed by atoms with E-state index >= 15 is 0 Å². The lowest BCUT2D eigenvalue weighted by Crippen LogP contribution is -2.38. The first-order chi connectivity index (χ1) is 9.41. The summed E-state index contributed by atoms with van der Waals surface area (Å²) in [4.78, 5) is 20.4. The van der Waals surface area contributed by atoms with E-state index in [0.717, 1.165) is 18.5 Å². The van der Waals surface area contributed by atoms with E-state index in [1.165, 1.54) is 0 Å². The molecule has 0 bridgehead atoms. The summed E-state index contributed by atoms with van der Waals surface area (Å²) in [7, 11) is -3.39. The van der Waals surface area contributed by atoms with Gasteiger partial charge in [0.15, 0.2) is 5.03 Å². The molecule has 0 aliphatic carbocycles. The summed E-state index contributed by atoms with van der Waals surface area (Å²) < 4.78 is 26.2. The number of piperidine rings is 1. The lowest BCUT2D eigenvalue weighted by molar-refractivity contribution is -0.191. The van der Waals surface area contributed by atoms with Gasteiger partial charge in [0.05, 0.1) is 0 Å². The van der Waals surface area contributed by atoms with Crippen LogP contribution in [0.4, 0.5) is 0 Å². The van der Waals surface area contributed by atoms with E-state index in [1.807, 2.05) is 0 Å². The van der Waals surface area contributed by atoms with Crippen LogP contribution in [0.1, 0.15) is 25.5 Å². The molecule has 1 aromatic heterocycles. The minimum Gasteiger partial charge on any atom is -0.240 e. The molecule has 0 aromatic carbocycles. The van der Waals surface area contributed by atoms with Gasteiger partial charge in [0, 0.05) is 18.8 Å². The Kier molecular flexibility index (Phi) is 6.01. The zero-order chi connectivity index (χ0) is 15.2. The van der Waals surface area contributed by atoms with Crippen molar-refractivity contribution in [3.05, 3.63) is 23.9 Å². The summed E-state index contributed by atoms with van der Waals surface area (Å²) in [6.45, 7) is 5.18. The van der Waals surface area contributed by atoms with Crippen LogP contribution in [0.5, 0.6) is 0 Å². The second-order valence-electron chi connectivity index (χ2n) is 4.79. The quantitative estimate of drug-likeness (QED) is 0.819. The van der Waals surface area contributed by atoms with Crippen molar-refractivity contribution < 1.29 is 18.0 Å². The Morgan fingerprint density at radius 2 is 1.80 bits per heavy atom. The number of hydrogen-bond donors (Lipinski definition) is 0. The lowest BCUT2D eigenvalue weighted by atomic mass is 10.0. The smallest absolute Gasteiger partial charge is 0.240 e. The predicted octanol–water partition coefficient (Wildman–Crippen LogP) is 1.23. The van der Waals surface area contributed by atoms with Gasteiger partial charge in [-0.2, -0.15) is 13.9 Å². The lowest BCUT2D eigenvalue weighted by Gasteiger charge is -2.29. The molecule has 110 valence electrons. The van der Waals surface area contributed by atoms with E-state index in [0.29, 0.717) is 19.0 Å². The molecule has 7 heteroatoms. The van der Waals surface area contributed by atoms with Crippen molar-refractivity contribution in [2.75, 3.05) is 13.1 Å². The minimum atomic E-state index is -3.39. The van der Waals surface area contributed by atoms with Crippen LogP contribution in [-0.4, -0.2) is 36.9 Å². The van der Waals surface area contributed by atoms with Gasteiger partial charge in [-0.25, -0.2) is 13.4 Å². The van der Waals surface area contributed by atoms with Crippen molar-refractivity contribution in [1.82, 2.24) is 9.29 Å². The van der Waals surface area contributed by atoms with E-state index in [9.17, 15) is 8.42 Å². The van der Waals surface area contributed by atoms with Crippen LogP contribution in [0, 0.1) is 12.8 Å². The highest BCUT2D eigenvalue weighted by Gasteiger charge is 2.28. The number of aryl methyl sites for hydroxylation is 1. The molecule has 0 atom stereocenters. The summed E-state index contributed by atoms with van der Waals surface area (Å²) in [5.41, 5.74) is 0.733. The van der Waals surface area contributed by atoms with Gasteiger partial charge in [0.1, 0.15) is 0 Å². The van der Waals surface area contributed by atoms with Crippen LogP contribution in [0.2, 0.25) is 0 Å². The summed E-state index contributed by atoms with van der Waals surface area (Å²) in [6, 6.07) is 5.11. The van der Waals surface area contributed by atoms with Gasteiger partial charge in [-0.05, 0) is 37.8 Å². The normalized spacial score (nSPS) is 16.9. The average molecular weight is 298 g/mol. The average Bonchev–Trinajstić information content (AvgIpc) is 2.40. The van der Waals surface area contributed by atoms with Crippen molar-refractivity contribution >= 4 is 16.2 Å².